The van der Waals surface area contributed by atoms with E-state index >= 15 is 0 Å². The van der Waals surface area contributed by atoms with Gasteiger partial charge in [-0.3, -0.25) is 0 Å². The van der Waals surface area contributed by atoms with Gasteiger partial charge in [-0.05, 0) is 58.0 Å². The van der Waals surface area contributed by atoms with Crippen LogP contribution >= 0.6 is 24.8 Å². The third-order valence-electron chi connectivity index (χ3n) is 5.11. The summed E-state index contributed by atoms with van der Waals surface area (Å²) < 4.78 is 5.89. The number of halogens is 2. The Balaban J connectivity index is 0. The Hall–Kier alpha value is -0.480. The average molecular weight is 450 g/mol. The molecule has 1 aromatic carbocycles. The fraction of sp³-hybridized carbons (Fsp3) is 0.750. The minimum absolute atomic E-state index is 0. The van der Waals surface area contributed by atoms with Gasteiger partial charge in [0.05, 0.1) is 6.61 Å². The number of unbranched alkanes of at least 4 members (excludes halogenated alkanes) is 7. The lowest BCUT2D eigenvalue weighted by atomic mass is 10.1. The summed E-state index contributed by atoms with van der Waals surface area (Å²) in [7, 11) is 4.23. The molecule has 172 valence electrons. The van der Waals surface area contributed by atoms with Crippen molar-refractivity contribution in [3.8, 4) is 5.75 Å². The molecule has 0 fully saturated rings. The van der Waals surface area contributed by atoms with E-state index in [-0.39, 0.29) is 24.8 Å². The summed E-state index contributed by atoms with van der Waals surface area (Å²) in [6.07, 6.45) is 13.0. The second-order valence-corrected chi connectivity index (χ2v) is 8.16. The molecule has 0 aliphatic rings. The number of aryl methyl sites for hydroxylation is 1. The van der Waals surface area contributed by atoms with Crippen LogP contribution in [0.4, 0.5) is 0 Å². The number of ether oxygens (including phenoxy) is 1. The highest BCUT2D eigenvalue weighted by atomic mass is 35.5. The van der Waals surface area contributed by atoms with Gasteiger partial charge >= 0.3 is 0 Å². The van der Waals surface area contributed by atoms with E-state index in [1.165, 1.54) is 63.4 Å². The van der Waals surface area contributed by atoms with Crippen LogP contribution in [-0.4, -0.2) is 44.7 Å². The molecule has 1 unspecified atom stereocenters. The summed E-state index contributed by atoms with van der Waals surface area (Å²) in [5.41, 5.74) is 1.40. The van der Waals surface area contributed by atoms with E-state index in [9.17, 15) is 0 Å². The van der Waals surface area contributed by atoms with Crippen LogP contribution in [0.2, 0.25) is 0 Å². The van der Waals surface area contributed by atoms with Crippen LogP contribution in [0, 0.1) is 0 Å². The SMILES string of the molecule is CCCCCCCCCCOc1ccc(CCC(C)NCCN(C)C)cc1.Cl.Cl. The van der Waals surface area contributed by atoms with Crippen molar-refractivity contribution in [3.05, 3.63) is 29.8 Å². The molecule has 0 amide bonds. The van der Waals surface area contributed by atoms with Gasteiger partial charge in [-0.15, -0.1) is 24.8 Å². The number of benzene rings is 1. The smallest absolute Gasteiger partial charge is 0.119 e. The highest BCUT2D eigenvalue weighted by Crippen LogP contribution is 2.15. The summed E-state index contributed by atoms with van der Waals surface area (Å²) in [6.45, 7) is 7.54. The van der Waals surface area contributed by atoms with Gasteiger partial charge in [0, 0.05) is 19.1 Å². The van der Waals surface area contributed by atoms with Gasteiger partial charge in [-0.1, -0.05) is 64.0 Å². The van der Waals surface area contributed by atoms with Crippen molar-refractivity contribution >= 4 is 24.8 Å². The zero-order valence-electron chi connectivity index (χ0n) is 19.3. The molecule has 29 heavy (non-hydrogen) atoms. The first-order valence-corrected chi connectivity index (χ1v) is 11.2. The van der Waals surface area contributed by atoms with E-state index < -0.39 is 0 Å². The van der Waals surface area contributed by atoms with E-state index in [0.29, 0.717) is 6.04 Å². The number of hydrogen-bond acceptors (Lipinski definition) is 3. The average Bonchev–Trinajstić information content (AvgIpc) is 2.65. The predicted molar refractivity (Wildman–Crippen MR) is 133 cm³/mol. The zero-order chi connectivity index (χ0) is 19.7. The summed E-state index contributed by atoms with van der Waals surface area (Å²) in [6, 6.07) is 9.25. The molecule has 3 nitrogen and oxygen atoms in total. The molecule has 0 aliphatic carbocycles. The minimum atomic E-state index is 0. The highest BCUT2D eigenvalue weighted by molar-refractivity contribution is 5.85. The maximum absolute atomic E-state index is 5.89. The molecule has 0 radical (unpaired) electrons. The molecule has 0 heterocycles. The third kappa shape index (κ3) is 18.0. The fourth-order valence-electron chi connectivity index (χ4n) is 3.20. The zero-order valence-corrected chi connectivity index (χ0v) is 20.9. The summed E-state index contributed by atoms with van der Waals surface area (Å²) >= 11 is 0. The summed E-state index contributed by atoms with van der Waals surface area (Å²) in [5.74, 6) is 1.01. The normalized spacial score (nSPS) is 11.6. The molecule has 0 spiro atoms. The number of nitrogens with zero attached hydrogens (tertiary/aromatic N) is 1. The topological polar surface area (TPSA) is 24.5 Å². The first-order valence-electron chi connectivity index (χ1n) is 11.2. The molecular weight excluding hydrogens is 403 g/mol. The molecule has 1 atom stereocenters. The van der Waals surface area contributed by atoms with Gasteiger partial charge in [-0.2, -0.15) is 0 Å². The summed E-state index contributed by atoms with van der Waals surface area (Å²) in [4.78, 5) is 2.21. The number of rotatable bonds is 17. The van der Waals surface area contributed by atoms with E-state index in [0.717, 1.165) is 31.9 Å². The van der Waals surface area contributed by atoms with Crippen LogP contribution < -0.4 is 10.1 Å². The van der Waals surface area contributed by atoms with Crippen LogP contribution in [0.1, 0.15) is 77.2 Å². The first kappa shape index (κ1) is 30.7. The Bertz CT molecular complexity index is 455. The Labute approximate surface area is 193 Å². The molecule has 5 heteroatoms. The Morgan fingerprint density at radius 1 is 0.897 bits per heavy atom. The second-order valence-electron chi connectivity index (χ2n) is 8.16. The lowest BCUT2D eigenvalue weighted by Crippen LogP contribution is -2.33. The monoisotopic (exact) mass is 448 g/mol. The Morgan fingerprint density at radius 3 is 2.07 bits per heavy atom. The first-order chi connectivity index (χ1) is 13.1. The van der Waals surface area contributed by atoms with Crippen molar-refractivity contribution in [2.24, 2.45) is 0 Å². The highest BCUT2D eigenvalue weighted by Gasteiger charge is 2.03. The van der Waals surface area contributed by atoms with Crippen molar-refractivity contribution in [1.29, 1.82) is 0 Å². The largest absolute Gasteiger partial charge is 0.494 e. The van der Waals surface area contributed by atoms with Gasteiger partial charge in [0.15, 0.2) is 0 Å². The van der Waals surface area contributed by atoms with E-state index in [4.69, 9.17) is 4.74 Å². The predicted octanol–water partition coefficient (Wildman–Crippen LogP) is 6.52. The summed E-state index contributed by atoms with van der Waals surface area (Å²) in [5, 5.41) is 3.59. The van der Waals surface area contributed by atoms with Gasteiger partial charge in [0.25, 0.3) is 0 Å². The molecule has 0 saturated heterocycles. The van der Waals surface area contributed by atoms with E-state index in [1.807, 2.05) is 0 Å². The van der Waals surface area contributed by atoms with Crippen molar-refractivity contribution < 1.29 is 4.74 Å². The number of nitrogens with one attached hydrogen (secondary N) is 1. The van der Waals surface area contributed by atoms with E-state index in [2.05, 4.69) is 62.4 Å². The molecular formula is C24H46Cl2N2O. The number of hydrogen-bond donors (Lipinski definition) is 1. The van der Waals surface area contributed by atoms with Crippen LogP contribution in [0.3, 0.4) is 0 Å². The Morgan fingerprint density at radius 2 is 1.48 bits per heavy atom. The molecule has 1 rings (SSSR count). The molecule has 0 bridgehead atoms. The van der Waals surface area contributed by atoms with Crippen molar-refractivity contribution in [2.45, 2.75) is 84.1 Å². The number of likely N-dealkylation sites (N-methyl/N-ethyl adjacent to an activating group) is 1. The van der Waals surface area contributed by atoms with Crippen LogP contribution in [-0.2, 0) is 6.42 Å². The van der Waals surface area contributed by atoms with Gasteiger partial charge < -0.3 is 15.0 Å². The maximum Gasteiger partial charge on any atom is 0.119 e. The standard InChI is InChI=1S/C24H44N2O.2ClH/c1-5-6-7-8-9-10-11-12-21-27-24-17-15-23(16-18-24)14-13-22(2)25-19-20-26(3)4;;/h15-18,22,25H,5-14,19-21H2,1-4H3;2*1H. The molecule has 1 N–H and O–H groups in total. The van der Waals surface area contributed by atoms with Gasteiger partial charge in [0.1, 0.15) is 5.75 Å². The van der Waals surface area contributed by atoms with Crippen molar-refractivity contribution in [2.75, 3.05) is 33.8 Å². The minimum Gasteiger partial charge on any atom is -0.494 e. The van der Waals surface area contributed by atoms with Crippen molar-refractivity contribution in [3.63, 3.8) is 0 Å². The van der Waals surface area contributed by atoms with Crippen LogP contribution in [0.5, 0.6) is 5.75 Å². The molecule has 0 aliphatic heterocycles. The van der Waals surface area contributed by atoms with Crippen LogP contribution in [0.25, 0.3) is 0 Å². The molecule has 0 saturated carbocycles. The van der Waals surface area contributed by atoms with E-state index in [1.54, 1.807) is 0 Å². The maximum atomic E-state index is 5.89. The van der Waals surface area contributed by atoms with Crippen LogP contribution in [0.15, 0.2) is 24.3 Å². The quantitative estimate of drug-likeness (QED) is 0.274. The van der Waals surface area contributed by atoms with Crippen molar-refractivity contribution in [1.82, 2.24) is 10.2 Å². The molecule has 1 aromatic rings. The van der Waals surface area contributed by atoms with Gasteiger partial charge in [0.2, 0.25) is 0 Å². The lowest BCUT2D eigenvalue weighted by Gasteiger charge is -2.16. The Kier molecular flexibility index (Phi) is 22.0. The van der Waals surface area contributed by atoms with Gasteiger partial charge in [-0.25, -0.2) is 0 Å². The molecule has 0 aromatic heterocycles. The lowest BCUT2D eigenvalue weighted by molar-refractivity contribution is 0.304. The fourth-order valence-corrected chi connectivity index (χ4v) is 3.20. The second kappa shape index (κ2) is 20.8. The third-order valence-corrected chi connectivity index (χ3v) is 5.11.